The van der Waals surface area contributed by atoms with E-state index in [4.69, 9.17) is 9.47 Å². The minimum absolute atomic E-state index is 0.395. The summed E-state index contributed by atoms with van der Waals surface area (Å²) in [6.45, 7) is 1.78. The van der Waals surface area contributed by atoms with E-state index < -0.39 is 16.1 Å². The fraction of sp³-hybridized carbons (Fsp3) is 0.238. The predicted octanol–water partition coefficient (Wildman–Crippen LogP) is 2.84. The molecule has 9 nitrogen and oxygen atoms in total. The number of amides is 2. The number of nitrogens with one attached hydrogen (secondary N) is 2. The van der Waals surface area contributed by atoms with Crippen molar-refractivity contribution < 1.29 is 22.7 Å². The van der Waals surface area contributed by atoms with E-state index in [0.29, 0.717) is 34.2 Å². The fourth-order valence-electron chi connectivity index (χ4n) is 3.17. The molecule has 1 aliphatic heterocycles. The molecule has 2 N–H and O–H groups in total. The van der Waals surface area contributed by atoms with Crippen LogP contribution in [0.25, 0.3) is 6.08 Å². The fourth-order valence-corrected chi connectivity index (χ4v) is 3.74. The average Bonchev–Trinajstić information content (AvgIpc) is 2.87. The van der Waals surface area contributed by atoms with E-state index in [1.165, 1.54) is 12.1 Å². The average molecular weight is 445 g/mol. The number of anilines is 1. The molecule has 0 saturated carbocycles. The topological polar surface area (TPSA) is 109 Å². The van der Waals surface area contributed by atoms with Crippen LogP contribution in [0.3, 0.4) is 0 Å². The van der Waals surface area contributed by atoms with Crippen molar-refractivity contribution in [3.8, 4) is 11.5 Å². The number of methoxy groups -OCH3 is 2. The summed E-state index contributed by atoms with van der Waals surface area (Å²) < 4.78 is 36.3. The van der Waals surface area contributed by atoms with Gasteiger partial charge in [-0.2, -0.15) is 10.1 Å². The van der Waals surface area contributed by atoms with Crippen LogP contribution in [0.1, 0.15) is 23.6 Å². The molecule has 0 radical (unpaired) electrons. The number of hydrazone groups is 1. The Labute approximate surface area is 181 Å². The van der Waals surface area contributed by atoms with Crippen molar-refractivity contribution in [1.29, 1.82) is 0 Å². The Morgan fingerprint density at radius 3 is 2.23 bits per heavy atom. The number of ether oxygens (including phenoxy) is 2. The normalized spacial score (nSPS) is 13.4. The highest BCUT2D eigenvalue weighted by Crippen LogP contribution is 2.35. The second kappa shape index (κ2) is 8.68. The van der Waals surface area contributed by atoms with Gasteiger partial charge in [0, 0.05) is 29.6 Å². The lowest BCUT2D eigenvalue weighted by molar-refractivity contribution is 0.215. The van der Waals surface area contributed by atoms with Crippen LogP contribution < -0.4 is 19.5 Å². The van der Waals surface area contributed by atoms with E-state index in [1.807, 2.05) is 12.1 Å². The van der Waals surface area contributed by atoms with Gasteiger partial charge in [0.05, 0.1) is 26.2 Å². The first-order valence-electron chi connectivity index (χ1n) is 9.30. The Morgan fingerprint density at radius 1 is 1.06 bits per heavy atom. The van der Waals surface area contributed by atoms with Crippen LogP contribution in [0.4, 0.5) is 10.5 Å². The highest BCUT2D eigenvalue weighted by molar-refractivity contribution is 7.92. The summed E-state index contributed by atoms with van der Waals surface area (Å²) in [6.07, 6.45) is 2.92. The summed E-state index contributed by atoms with van der Waals surface area (Å²) >= 11 is 0. The first-order chi connectivity index (χ1) is 14.7. The number of hydrogen-bond acceptors (Lipinski definition) is 6. The number of rotatable bonds is 5. The van der Waals surface area contributed by atoms with Crippen molar-refractivity contribution in [1.82, 2.24) is 10.3 Å². The summed E-state index contributed by atoms with van der Waals surface area (Å²) in [6, 6.07) is 9.95. The van der Waals surface area contributed by atoms with E-state index in [9.17, 15) is 13.2 Å². The molecule has 2 aromatic rings. The maximum Gasteiger partial charge on any atom is 0.342 e. The lowest BCUT2D eigenvalue weighted by Crippen LogP contribution is -2.33. The molecule has 31 heavy (non-hydrogen) atoms. The van der Waals surface area contributed by atoms with Gasteiger partial charge in [0.15, 0.2) is 11.5 Å². The van der Waals surface area contributed by atoms with Gasteiger partial charge in [-0.15, -0.1) is 0 Å². The zero-order valence-electron chi connectivity index (χ0n) is 17.9. The van der Waals surface area contributed by atoms with E-state index in [2.05, 4.69) is 15.1 Å². The minimum atomic E-state index is -3.40. The molecule has 164 valence electrons. The first-order valence-corrected chi connectivity index (χ1v) is 11.2. The van der Waals surface area contributed by atoms with Crippen molar-refractivity contribution in [2.24, 2.45) is 5.10 Å². The second-order valence-corrected chi connectivity index (χ2v) is 8.60. The summed E-state index contributed by atoms with van der Waals surface area (Å²) in [7, 11) is 1.23. The molecule has 1 aliphatic rings. The zero-order chi connectivity index (χ0) is 22.8. The number of sulfonamides is 1. The van der Waals surface area contributed by atoms with Crippen molar-refractivity contribution >= 4 is 33.5 Å². The molecule has 0 atom stereocenters. The number of carbonyl (C=O) groups is 1. The third-order valence-corrected chi connectivity index (χ3v) is 5.18. The van der Waals surface area contributed by atoms with E-state index in [0.717, 1.165) is 17.4 Å². The van der Waals surface area contributed by atoms with E-state index in [-0.39, 0.29) is 0 Å². The quantitative estimate of drug-likeness (QED) is 0.737. The molecule has 0 aliphatic carbocycles. The van der Waals surface area contributed by atoms with Gasteiger partial charge in [-0.25, -0.2) is 13.2 Å². The molecule has 1 heterocycles. The van der Waals surface area contributed by atoms with Crippen LogP contribution in [0.5, 0.6) is 11.5 Å². The van der Waals surface area contributed by atoms with Crippen LogP contribution in [-0.4, -0.2) is 52.7 Å². The number of urea groups is 1. The van der Waals surface area contributed by atoms with E-state index >= 15 is 0 Å². The molecular formula is C21H24N4O5S. The molecule has 2 aromatic carbocycles. The Hall–Kier alpha value is -3.53. The summed E-state index contributed by atoms with van der Waals surface area (Å²) in [5.41, 5.74) is 3.75. The van der Waals surface area contributed by atoms with Crippen molar-refractivity contribution in [3.05, 3.63) is 58.8 Å². The first kappa shape index (κ1) is 22.2. The molecule has 0 bridgehead atoms. The SMILES string of the molecule is CNC(=O)N1N=C(c2ccc(NS(C)(=O)=O)cc2)c2cc(OC)c(OC)cc2C=C1C. The van der Waals surface area contributed by atoms with Gasteiger partial charge in [-0.3, -0.25) is 4.72 Å². The van der Waals surface area contributed by atoms with Crippen molar-refractivity contribution in [3.63, 3.8) is 0 Å². The monoisotopic (exact) mass is 444 g/mol. The highest BCUT2D eigenvalue weighted by Gasteiger charge is 2.24. The molecule has 10 heteroatoms. The molecule has 0 aromatic heterocycles. The Morgan fingerprint density at radius 2 is 1.68 bits per heavy atom. The van der Waals surface area contributed by atoms with Crippen LogP contribution >= 0.6 is 0 Å². The standard InChI is InChI=1S/C21H24N4O5S/c1-13-10-15-11-18(29-3)19(30-4)12-17(15)20(23-25(13)21(26)22-2)14-6-8-16(9-7-14)24-31(5,27)28/h6-12,24H,1-5H3,(H,22,26). The van der Waals surface area contributed by atoms with Crippen LogP contribution in [0.15, 0.2) is 47.2 Å². The van der Waals surface area contributed by atoms with Gasteiger partial charge in [-0.05, 0) is 42.8 Å². The molecule has 3 rings (SSSR count). The summed E-state index contributed by atoms with van der Waals surface area (Å²) in [5.74, 6) is 1.06. The summed E-state index contributed by atoms with van der Waals surface area (Å²) in [5, 5.41) is 8.47. The van der Waals surface area contributed by atoms with Crippen molar-refractivity contribution in [2.45, 2.75) is 6.92 Å². The number of carbonyl (C=O) groups excluding carboxylic acids is 1. The molecule has 0 saturated heterocycles. The Balaban J connectivity index is 2.20. The van der Waals surface area contributed by atoms with Gasteiger partial charge in [0.1, 0.15) is 0 Å². The third-order valence-electron chi connectivity index (χ3n) is 4.58. The Bertz CT molecular complexity index is 1170. The number of allylic oxidation sites excluding steroid dienone is 1. The maximum atomic E-state index is 12.5. The van der Waals surface area contributed by atoms with Crippen molar-refractivity contribution in [2.75, 3.05) is 32.2 Å². The number of nitrogens with zero attached hydrogens (tertiary/aromatic N) is 2. The van der Waals surface area contributed by atoms with Gasteiger partial charge in [0.2, 0.25) is 10.0 Å². The molecular weight excluding hydrogens is 420 g/mol. The molecule has 0 unspecified atom stereocenters. The summed E-state index contributed by atoms with van der Waals surface area (Å²) in [4.78, 5) is 12.5. The lowest BCUT2D eigenvalue weighted by Gasteiger charge is -2.17. The number of hydrogen-bond donors (Lipinski definition) is 2. The molecule has 2 amide bonds. The van der Waals surface area contributed by atoms with Crippen LogP contribution in [-0.2, 0) is 10.0 Å². The van der Waals surface area contributed by atoms with Gasteiger partial charge in [0.25, 0.3) is 0 Å². The zero-order valence-corrected chi connectivity index (χ0v) is 18.7. The highest BCUT2D eigenvalue weighted by atomic mass is 32.2. The maximum absolute atomic E-state index is 12.5. The largest absolute Gasteiger partial charge is 0.493 e. The van der Waals surface area contributed by atoms with Crippen LogP contribution in [0, 0.1) is 0 Å². The predicted molar refractivity (Wildman–Crippen MR) is 120 cm³/mol. The Kier molecular flexibility index (Phi) is 6.21. The third kappa shape index (κ3) is 4.80. The van der Waals surface area contributed by atoms with Gasteiger partial charge < -0.3 is 14.8 Å². The van der Waals surface area contributed by atoms with E-state index in [1.54, 1.807) is 51.5 Å². The van der Waals surface area contributed by atoms with Gasteiger partial charge in [-0.1, -0.05) is 12.1 Å². The lowest BCUT2D eigenvalue weighted by atomic mass is 9.96. The smallest absolute Gasteiger partial charge is 0.342 e. The minimum Gasteiger partial charge on any atom is -0.493 e. The molecule has 0 fully saturated rings. The second-order valence-electron chi connectivity index (χ2n) is 6.85. The number of fused-ring (bicyclic) bond motifs is 1. The van der Waals surface area contributed by atoms with Gasteiger partial charge >= 0.3 is 6.03 Å². The number of benzene rings is 2. The van der Waals surface area contributed by atoms with Crippen LogP contribution in [0.2, 0.25) is 0 Å². The molecule has 0 spiro atoms.